The maximum atomic E-state index is 2.54. The lowest BCUT2D eigenvalue weighted by Gasteiger charge is -2.19. The summed E-state index contributed by atoms with van der Waals surface area (Å²) in [6.45, 7) is 0. The normalized spacial score (nSPS) is 12.1. The summed E-state index contributed by atoms with van der Waals surface area (Å²) in [7, 11) is 0. The second-order valence-corrected chi connectivity index (χ2v) is 15.6. The Hall–Kier alpha value is -7.68. The SMILES string of the molecule is c1ccc(-n2c3ccccc3c3cc(-c4ccc5c6ccccc6n(-c6cc7c8ccccc8c8ccccc8c7c7c6ccc6ccccc67)c5c4)ccc32)cc1. The van der Waals surface area contributed by atoms with Gasteiger partial charge in [-0.25, -0.2) is 0 Å². The number of rotatable bonds is 3. The van der Waals surface area contributed by atoms with Crippen LogP contribution < -0.4 is 0 Å². The van der Waals surface area contributed by atoms with Gasteiger partial charge >= 0.3 is 0 Å². The number of hydrogen-bond donors (Lipinski definition) is 0. The van der Waals surface area contributed by atoms with E-state index < -0.39 is 0 Å². The van der Waals surface area contributed by atoms with Crippen molar-refractivity contribution in [3.63, 3.8) is 0 Å². The second kappa shape index (κ2) is 11.9. The van der Waals surface area contributed by atoms with Gasteiger partial charge < -0.3 is 9.13 Å². The van der Waals surface area contributed by atoms with Crippen molar-refractivity contribution in [2.45, 2.75) is 0 Å². The number of hydrogen-bond acceptors (Lipinski definition) is 0. The maximum Gasteiger partial charge on any atom is 0.0547 e. The van der Waals surface area contributed by atoms with Crippen molar-refractivity contribution >= 4 is 97.5 Å². The molecule has 0 bridgehead atoms. The molecule has 0 spiro atoms. The third-order valence-corrected chi connectivity index (χ3v) is 12.6. The van der Waals surface area contributed by atoms with Crippen molar-refractivity contribution in [3.05, 3.63) is 206 Å². The number of para-hydroxylation sites is 3. The first kappa shape index (κ1) is 31.5. The van der Waals surface area contributed by atoms with Crippen LogP contribution in [0.15, 0.2) is 206 Å². The molecule has 0 aliphatic rings. The fourth-order valence-electron chi connectivity index (χ4n) is 10.2. The van der Waals surface area contributed by atoms with E-state index in [2.05, 4.69) is 215 Å². The highest BCUT2D eigenvalue weighted by Gasteiger charge is 2.21. The third-order valence-electron chi connectivity index (χ3n) is 12.6. The Morgan fingerprint density at radius 2 is 0.741 bits per heavy atom. The summed E-state index contributed by atoms with van der Waals surface area (Å²) in [6, 6.07) is 76.3. The molecule has 0 atom stereocenters. The monoisotopic (exact) mass is 734 g/mol. The molecule has 13 rings (SSSR count). The van der Waals surface area contributed by atoms with Crippen molar-refractivity contribution in [1.29, 1.82) is 0 Å². The Labute approximate surface area is 334 Å². The summed E-state index contributed by atoms with van der Waals surface area (Å²) in [6.07, 6.45) is 0. The smallest absolute Gasteiger partial charge is 0.0547 e. The highest BCUT2D eigenvalue weighted by molar-refractivity contribution is 6.36. The molecule has 0 saturated heterocycles. The van der Waals surface area contributed by atoms with Gasteiger partial charge in [0.05, 0.1) is 27.8 Å². The molecule has 0 aliphatic carbocycles. The van der Waals surface area contributed by atoms with Crippen LogP contribution in [0.4, 0.5) is 0 Å². The fourth-order valence-corrected chi connectivity index (χ4v) is 10.2. The average Bonchev–Trinajstić information content (AvgIpc) is 3.81. The van der Waals surface area contributed by atoms with Crippen LogP contribution in [0.1, 0.15) is 0 Å². The molecular weight excluding hydrogens is 701 g/mol. The van der Waals surface area contributed by atoms with Gasteiger partial charge in [0.15, 0.2) is 0 Å². The van der Waals surface area contributed by atoms with Crippen molar-refractivity contribution in [2.75, 3.05) is 0 Å². The topological polar surface area (TPSA) is 9.86 Å². The lowest BCUT2D eigenvalue weighted by Crippen LogP contribution is -1.98. The first-order valence-electron chi connectivity index (χ1n) is 20.1. The number of benzene rings is 11. The predicted octanol–water partition coefficient (Wildman–Crippen LogP) is 15.3. The lowest BCUT2D eigenvalue weighted by atomic mass is 9.88. The van der Waals surface area contributed by atoms with E-state index in [-0.39, 0.29) is 0 Å². The highest BCUT2D eigenvalue weighted by Crippen LogP contribution is 2.46. The van der Waals surface area contributed by atoms with E-state index in [9.17, 15) is 0 Å². The van der Waals surface area contributed by atoms with Crippen LogP contribution >= 0.6 is 0 Å². The van der Waals surface area contributed by atoms with Gasteiger partial charge in [-0.1, -0.05) is 158 Å². The van der Waals surface area contributed by atoms with Gasteiger partial charge in [0, 0.05) is 38.0 Å². The second-order valence-electron chi connectivity index (χ2n) is 15.6. The molecule has 0 unspecified atom stereocenters. The molecule has 0 amide bonds. The van der Waals surface area contributed by atoms with Gasteiger partial charge in [0.2, 0.25) is 0 Å². The van der Waals surface area contributed by atoms with Gasteiger partial charge in [0.1, 0.15) is 0 Å². The molecular formula is C56H34N2. The average molecular weight is 735 g/mol. The third kappa shape index (κ3) is 4.32. The molecule has 0 aliphatic heterocycles. The zero-order valence-corrected chi connectivity index (χ0v) is 31.5. The van der Waals surface area contributed by atoms with E-state index in [4.69, 9.17) is 0 Å². The first-order valence-corrected chi connectivity index (χ1v) is 20.1. The molecule has 0 saturated carbocycles. The van der Waals surface area contributed by atoms with Crippen LogP contribution in [0.3, 0.4) is 0 Å². The molecule has 2 aromatic heterocycles. The largest absolute Gasteiger partial charge is 0.309 e. The molecule has 13 aromatic rings. The minimum atomic E-state index is 1.17. The zero-order chi connectivity index (χ0) is 37.9. The van der Waals surface area contributed by atoms with Crippen LogP contribution in [-0.4, -0.2) is 9.13 Å². The Balaban J connectivity index is 1.14. The van der Waals surface area contributed by atoms with E-state index in [0.29, 0.717) is 0 Å². The van der Waals surface area contributed by atoms with E-state index in [1.165, 1.54) is 120 Å². The van der Waals surface area contributed by atoms with Gasteiger partial charge in [-0.2, -0.15) is 0 Å². The molecule has 58 heavy (non-hydrogen) atoms. The van der Waals surface area contributed by atoms with E-state index >= 15 is 0 Å². The van der Waals surface area contributed by atoms with Crippen LogP contribution in [0, 0.1) is 0 Å². The zero-order valence-electron chi connectivity index (χ0n) is 31.5. The van der Waals surface area contributed by atoms with Gasteiger partial charge in [-0.15, -0.1) is 0 Å². The minimum Gasteiger partial charge on any atom is -0.309 e. The summed E-state index contributed by atoms with van der Waals surface area (Å²) in [4.78, 5) is 0. The Morgan fingerprint density at radius 3 is 1.52 bits per heavy atom. The lowest BCUT2D eigenvalue weighted by molar-refractivity contribution is 1.18. The van der Waals surface area contributed by atoms with Crippen molar-refractivity contribution < 1.29 is 0 Å². The van der Waals surface area contributed by atoms with Crippen LogP contribution in [0.2, 0.25) is 0 Å². The molecule has 2 heterocycles. The Morgan fingerprint density at radius 1 is 0.241 bits per heavy atom. The van der Waals surface area contributed by atoms with Crippen LogP contribution in [-0.2, 0) is 0 Å². The van der Waals surface area contributed by atoms with Crippen molar-refractivity contribution in [1.82, 2.24) is 9.13 Å². The number of fused-ring (bicyclic) bond motifs is 16. The molecule has 11 aromatic carbocycles. The summed E-state index contributed by atoms with van der Waals surface area (Å²) >= 11 is 0. The van der Waals surface area contributed by atoms with Crippen molar-refractivity contribution in [2.24, 2.45) is 0 Å². The van der Waals surface area contributed by atoms with Crippen LogP contribution in [0.25, 0.3) is 120 Å². The number of nitrogens with zero attached hydrogens (tertiary/aromatic N) is 2. The summed E-state index contributed by atoms with van der Waals surface area (Å²) < 4.78 is 4.92. The molecule has 0 N–H and O–H groups in total. The maximum absolute atomic E-state index is 2.54. The summed E-state index contributed by atoms with van der Waals surface area (Å²) in [5.74, 6) is 0. The number of aromatic nitrogens is 2. The Bertz CT molecular complexity index is 3840. The minimum absolute atomic E-state index is 1.17. The molecule has 0 fully saturated rings. The van der Waals surface area contributed by atoms with Crippen molar-refractivity contribution in [3.8, 4) is 22.5 Å². The molecule has 0 radical (unpaired) electrons. The summed E-state index contributed by atoms with van der Waals surface area (Å²) in [5, 5.41) is 17.8. The Kier molecular flexibility index (Phi) is 6.47. The van der Waals surface area contributed by atoms with E-state index in [1.54, 1.807) is 0 Å². The standard InChI is InChI=1S/C56H34N2/c1-2-15-38(16-3-1)57-50-24-12-11-22-44(50)48-32-36(28-31-52(48)57)37-27-29-45-43-21-10-13-25-51(43)58(53(45)33-37)54-34-49-42-20-7-6-18-40(42)41-19-8-9-23-46(41)56(49)55-39-17-5-4-14-35(39)26-30-47(54)55/h1-34H. The highest BCUT2D eigenvalue weighted by atomic mass is 15.0. The summed E-state index contributed by atoms with van der Waals surface area (Å²) in [5.41, 5.74) is 9.59. The molecule has 2 heteroatoms. The van der Waals surface area contributed by atoms with Gasteiger partial charge in [-0.05, 0) is 103 Å². The van der Waals surface area contributed by atoms with E-state index in [0.717, 1.165) is 0 Å². The molecule has 268 valence electrons. The van der Waals surface area contributed by atoms with Gasteiger partial charge in [0.25, 0.3) is 0 Å². The predicted molar refractivity (Wildman–Crippen MR) is 248 cm³/mol. The van der Waals surface area contributed by atoms with Gasteiger partial charge in [-0.3, -0.25) is 0 Å². The van der Waals surface area contributed by atoms with E-state index in [1.807, 2.05) is 0 Å². The van der Waals surface area contributed by atoms with Crippen LogP contribution in [0.5, 0.6) is 0 Å². The molecule has 2 nitrogen and oxygen atoms in total. The quantitative estimate of drug-likeness (QED) is 0.160. The first-order chi connectivity index (χ1) is 28.8. The fraction of sp³-hybridized carbons (Fsp3) is 0.